The van der Waals surface area contributed by atoms with Crippen molar-refractivity contribution in [3.63, 3.8) is 0 Å². The van der Waals surface area contributed by atoms with Crippen LogP contribution in [0, 0.1) is 5.92 Å². The molecule has 0 amide bonds. The minimum absolute atomic E-state index is 0.0354. The topological polar surface area (TPSA) is 61.8 Å². The van der Waals surface area contributed by atoms with Crippen LogP contribution in [0.15, 0.2) is 12.3 Å². The highest BCUT2D eigenvalue weighted by Gasteiger charge is 2.45. The van der Waals surface area contributed by atoms with Crippen molar-refractivity contribution in [2.24, 2.45) is 5.92 Å². The summed E-state index contributed by atoms with van der Waals surface area (Å²) in [5.74, 6) is -2.93. The van der Waals surface area contributed by atoms with E-state index in [1.807, 2.05) is 0 Å². The highest BCUT2D eigenvalue weighted by atomic mass is 16.9. The van der Waals surface area contributed by atoms with Crippen molar-refractivity contribution >= 4 is 11.9 Å². The highest BCUT2D eigenvalue weighted by molar-refractivity contribution is 5.81. The lowest BCUT2D eigenvalue weighted by molar-refractivity contribution is -0.328. The minimum atomic E-state index is -1.52. The molecule has 2 atom stereocenters. The van der Waals surface area contributed by atoms with Crippen LogP contribution in [-0.2, 0) is 23.8 Å². The second-order valence-electron chi connectivity index (χ2n) is 3.71. The summed E-state index contributed by atoms with van der Waals surface area (Å²) in [4.78, 5) is 22.8. The van der Waals surface area contributed by atoms with Crippen molar-refractivity contribution in [1.29, 1.82) is 0 Å². The lowest BCUT2D eigenvalue weighted by atomic mass is 10.1. The molecule has 0 saturated carbocycles. The van der Waals surface area contributed by atoms with E-state index in [0.717, 1.165) is 0 Å². The van der Waals surface area contributed by atoms with E-state index in [1.54, 1.807) is 13.0 Å². The van der Waals surface area contributed by atoms with E-state index >= 15 is 0 Å². The monoisotopic (exact) mass is 212 g/mol. The zero-order chi connectivity index (χ0) is 10.9. The molecule has 2 aliphatic heterocycles. The van der Waals surface area contributed by atoms with Crippen molar-refractivity contribution in [1.82, 2.24) is 0 Å². The Kier molecular flexibility index (Phi) is 2.38. The predicted molar refractivity (Wildman–Crippen MR) is 48.2 cm³/mol. The van der Waals surface area contributed by atoms with E-state index in [2.05, 4.69) is 0 Å². The molecule has 2 aliphatic rings. The van der Waals surface area contributed by atoms with Gasteiger partial charge < -0.3 is 14.2 Å². The SMILES string of the molecule is CC1CC(=O)OC2(CCC=CO2)OC1=O. The third kappa shape index (κ3) is 1.95. The fourth-order valence-corrected chi connectivity index (χ4v) is 1.51. The molecule has 5 nitrogen and oxygen atoms in total. The summed E-state index contributed by atoms with van der Waals surface area (Å²) in [6.45, 7) is 1.63. The average Bonchev–Trinajstić information content (AvgIpc) is 2.26. The van der Waals surface area contributed by atoms with Crippen LogP contribution in [0.1, 0.15) is 26.2 Å². The third-order valence-electron chi connectivity index (χ3n) is 2.36. The van der Waals surface area contributed by atoms with E-state index < -0.39 is 23.8 Å². The Labute approximate surface area is 87.0 Å². The van der Waals surface area contributed by atoms with Crippen LogP contribution in [0.3, 0.4) is 0 Å². The van der Waals surface area contributed by atoms with Gasteiger partial charge in [0, 0.05) is 0 Å². The molecule has 2 unspecified atom stereocenters. The van der Waals surface area contributed by atoms with Gasteiger partial charge in [-0.3, -0.25) is 9.59 Å². The molecule has 2 heterocycles. The first-order chi connectivity index (χ1) is 7.11. The Bertz CT molecular complexity index is 322. The first-order valence-electron chi connectivity index (χ1n) is 4.89. The van der Waals surface area contributed by atoms with Crippen LogP contribution >= 0.6 is 0 Å². The Balaban J connectivity index is 2.21. The lowest BCUT2D eigenvalue weighted by Gasteiger charge is -2.30. The summed E-state index contributed by atoms with van der Waals surface area (Å²) in [6.07, 6.45) is 4.19. The minimum Gasteiger partial charge on any atom is -0.429 e. The number of allylic oxidation sites excluding steroid dienone is 1. The summed E-state index contributed by atoms with van der Waals surface area (Å²) in [5, 5.41) is 0. The van der Waals surface area contributed by atoms with Crippen LogP contribution in [0.2, 0.25) is 0 Å². The number of carbonyl (C=O) groups excluding carboxylic acids is 2. The second kappa shape index (κ2) is 3.56. The summed E-state index contributed by atoms with van der Waals surface area (Å²) in [7, 11) is 0. The molecule has 0 N–H and O–H groups in total. The number of esters is 2. The standard InChI is InChI=1S/C10H12O5/c1-7-6-8(11)14-10(15-9(7)12)4-2-3-5-13-10/h3,5,7H,2,4,6H2,1H3. The maximum absolute atomic E-state index is 11.5. The van der Waals surface area contributed by atoms with Gasteiger partial charge in [-0.05, 0) is 12.5 Å². The second-order valence-corrected chi connectivity index (χ2v) is 3.71. The fourth-order valence-electron chi connectivity index (χ4n) is 1.51. The van der Waals surface area contributed by atoms with Gasteiger partial charge in [0.15, 0.2) is 0 Å². The molecule has 5 heteroatoms. The molecule has 82 valence electrons. The summed E-state index contributed by atoms with van der Waals surface area (Å²) >= 11 is 0. The normalized spacial score (nSPS) is 35.4. The molecule has 15 heavy (non-hydrogen) atoms. The Hall–Kier alpha value is -1.52. The Morgan fingerprint density at radius 3 is 2.87 bits per heavy atom. The molecule has 2 rings (SSSR count). The molecule has 0 aromatic heterocycles. The quantitative estimate of drug-likeness (QED) is 0.562. The van der Waals surface area contributed by atoms with E-state index in [0.29, 0.717) is 12.8 Å². The molecule has 1 spiro atoms. The van der Waals surface area contributed by atoms with Crippen LogP contribution in [0.4, 0.5) is 0 Å². The van der Waals surface area contributed by atoms with Crippen molar-refractivity contribution in [2.75, 3.05) is 0 Å². The van der Waals surface area contributed by atoms with Gasteiger partial charge in [0.25, 0.3) is 0 Å². The largest absolute Gasteiger partial charge is 0.429 e. The maximum atomic E-state index is 11.5. The fraction of sp³-hybridized carbons (Fsp3) is 0.600. The smallest absolute Gasteiger partial charge is 0.421 e. The van der Waals surface area contributed by atoms with E-state index in [4.69, 9.17) is 14.2 Å². The predicted octanol–water partition coefficient (Wildman–Crippen LogP) is 1.09. The molecular weight excluding hydrogens is 200 g/mol. The van der Waals surface area contributed by atoms with Gasteiger partial charge in [0.05, 0.1) is 25.0 Å². The van der Waals surface area contributed by atoms with Gasteiger partial charge in [-0.1, -0.05) is 6.92 Å². The molecule has 1 fully saturated rings. The van der Waals surface area contributed by atoms with Gasteiger partial charge in [-0.15, -0.1) is 0 Å². The summed E-state index contributed by atoms with van der Waals surface area (Å²) in [6, 6.07) is 0. The van der Waals surface area contributed by atoms with Crippen LogP contribution in [0.25, 0.3) is 0 Å². The molecule has 0 aromatic rings. The molecule has 0 radical (unpaired) electrons. The molecule has 0 bridgehead atoms. The number of rotatable bonds is 0. The number of ether oxygens (including phenoxy) is 3. The number of hydrogen-bond donors (Lipinski definition) is 0. The Morgan fingerprint density at radius 1 is 1.40 bits per heavy atom. The molecule has 0 aromatic carbocycles. The lowest BCUT2D eigenvalue weighted by Crippen LogP contribution is -2.41. The van der Waals surface area contributed by atoms with Gasteiger partial charge in [0.2, 0.25) is 0 Å². The highest BCUT2D eigenvalue weighted by Crippen LogP contribution is 2.31. The maximum Gasteiger partial charge on any atom is 0.421 e. The van der Waals surface area contributed by atoms with E-state index in [-0.39, 0.29) is 6.42 Å². The van der Waals surface area contributed by atoms with Gasteiger partial charge >= 0.3 is 17.9 Å². The first-order valence-corrected chi connectivity index (χ1v) is 4.89. The zero-order valence-electron chi connectivity index (χ0n) is 8.39. The van der Waals surface area contributed by atoms with Crippen LogP contribution in [0.5, 0.6) is 0 Å². The third-order valence-corrected chi connectivity index (χ3v) is 2.36. The van der Waals surface area contributed by atoms with Gasteiger partial charge in [-0.2, -0.15) is 0 Å². The van der Waals surface area contributed by atoms with E-state index in [1.165, 1.54) is 6.26 Å². The summed E-state index contributed by atoms with van der Waals surface area (Å²) in [5.41, 5.74) is 0. The molecular formula is C10H12O5. The van der Waals surface area contributed by atoms with Crippen molar-refractivity contribution in [3.05, 3.63) is 12.3 Å². The van der Waals surface area contributed by atoms with E-state index in [9.17, 15) is 9.59 Å². The average molecular weight is 212 g/mol. The zero-order valence-corrected chi connectivity index (χ0v) is 8.39. The molecule has 0 aliphatic carbocycles. The van der Waals surface area contributed by atoms with Crippen LogP contribution < -0.4 is 0 Å². The summed E-state index contributed by atoms with van der Waals surface area (Å²) < 4.78 is 15.2. The number of hydrogen-bond acceptors (Lipinski definition) is 5. The van der Waals surface area contributed by atoms with Crippen LogP contribution in [-0.4, -0.2) is 17.9 Å². The number of carbonyl (C=O) groups is 2. The Morgan fingerprint density at radius 2 is 2.20 bits per heavy atom. The van der Waals surface area contributed by atoms with Crippen molar-refractivity contribution < 1.29 is 23.8 Å². The van der Waals surface area contributed by atoms with Crippen molar-refractivity contribution in [2.45, 2.75) is 32.2 Å². The first kappa shape index (κ1) is 10.0. The van der Waals surface area contributed by atoms with Gasteiger partial charge in [-0.25, -0.2) is 0 Å². The van der Waals surface area contributed by atoms with Crippen molar-refractivity contribution in [3.8, 4) is 0 Å². The van der Waals surface area contributed by atoms with Gasteiger partial charge in [0.1, 0.15) is 0 Å². The molecule has 1 saturated heterocycles.